The second-order valence-electron chi connectivity index (χ2n) is 5.03. The normalized spacial score (nSPS) is 17.3. The fourth-order valence-electron chi connectivity index (χ4n) is 2.41. The van der Waals surface area contributed by atoms with Gasteiger partial charge in [0.2, 0.25) is 5.91 Å². The van der Waals surface area contributed by atoms with Crippen LogP contribution in [0.5, 0.6) is 0 Å². The van der Waals surface area contributed by atoms with Crippen molar-refractivity contribution in [3.8, 4) is 0 Å². The Morgan fingerprint density at radius 3 is 2.29 bits per heavy atom. The molecule has 1 aromatic carbocycles. The number of benzene rings is 1. The molecule has 1 atom stereocenters. The van der Waals surface area contributed by atoms with E-state index in [-0.39, 0.29) is 5.82 Å². The van der Waals surface area contributed by atoms with Gasteiger partial charge in [-0.15, -0.1) is 0 Å². The van der Waals surface area contributed by atoms with E-state index in [0.29, 0.717) is 13.1 Å². The molecule has 1 aromatic rings. The number of carbonyl (C=O) groups is 2. The van der Waals surface area contributed by atoms with Crippen molar-refractivity contribution in [1.82, 2.24) is 10.2 Å². The van der Waals surface area contributed by atoms with E-state index < -0.39 is 18.0 Å². The lowest BCUT2D eigenvalue weighted by molar-refractivity contribution is -0.124. The quantitative estimate of drug-likeness (QED) is 0.852. The number of amides is 3. The number of urea groups is 1. The summed E-state index contributed by atoms with van der Waals surface area (Å²) in [5.41, 5.74) is 5.91. The first-order valence-corrected chi connectivity index (χ1v) is 6.82. The molecule has 0 aliphatic carbocycles. The number of hydrogen-bond acceptors (Lipinski definition) is 4. The number of nitrogens with two attached hydrogens (primary N) is 1. The summed E-state index contributed by atoms with van der Waals surface area (Å²) < 4.78 is 12.9. The van der Waals surface area contributed by atoms with Crippen molar-refractivity contribution in [1.29, 1.82) is 0 Å². The minimum Gasteiger partial charge on any atom is -0.369 e. The maximum atomic E-state index is 12.9. The van der Waals surface area contributed by atoms with Gasteiger partial charge in [0.25, 0.3) is 0 Å². The molecule has 6 nitrogen and oxygen atoms in total. The lowest BCUT2D eigenvalue weighted by Crippen LogP contribution is -2.55. The topological polar surface area (TPSA) is 78.7 Å². The Balaban J connectivity index is 1.89. The van der Waals surface area contributed by atoms with Gasteiger partial charge in [0.1, 0.15) is 5.82 Å². The van der Waals surface area contributed by atoms with Gasteiger partial charge in [-0.05, 0) is 31.2 Å². The van der Waals surface area contributed by atoms with Crippen LogP contribution in [0.3, 0.4) is 0 Å². The number of imide groups is 1. The van der Waals surface area contributed by atoms with Gasteiger partial charge < -0.3 is 10.6 Å². The van der Waals surface area contributed by atoms with Crippen LogP contribution in [0.25, 0.3) is 0 Å². The molecule has 0 bridgehead atoms. The van der Waals surface area contributed by atoms with Crippen molar-refractivity contribution < 1.29 is 14.0 Å². The van der Waals surface area contributed by atoms with E-state index in [2.05, 4.69) is 10.2 Å². The molecule has 3 amide bonds. The van der Waals surface area contributed by atoms with Crippen LogP contribution in [0.2, 0.25) is 0 Å². The Bertz CT molecular complexity index is 512. The maximum absolute atomic E-state index is 12.9. The summed E-state index contributed by atoms with van der Waals surface area (Å²) >= 11 is 0. The predicted molar refractivity (Wildman–Crippen MR) is 77.4 cm³/mol. The average molecular weight is 294 g/mol. The molecule has 1 fully saturated rings. The average Bonchev–Trinajstić information content (AvgIpc) is 2.47. The minimum absolute atomic E-state index is 0.255. The van der Waals surface area contributed by atoms with E-state index in [1.807, 2.05) is 4.90 Å². The molecule has 1 saturated heterocycles. The molecule has 0 aromatic heterocycles. The maximum Gasteiger partial charge on any atom is 0.318 e. The number of rotatable bonds is 3. The zero-order chi connectivity index (χ0) is 15.4. The molecule has 1 heterocycles. The summed E-state index contributed by atoms with van der Waals surface area (Å²) in [6, 6.07) is 5.11. The van der Waals surface area contributed by atoms with E-state index in [1.165, 1.54) is 12.1 Å². The van der Waals surface area contributed by atoms with Gasteiger partial charge in [-0.25, -0.2) is 9.18 Å². The highest BCUT2D eigenvalue weighted by Gasteiger charge is 2.26. The van der Waals surface area contributed by atoms with Crippen molar-refractivity contribution >= 4 is 17.6 Å². The SMILES string of the molecule is C[C@@H](C(=O)NC(N)=O)N1CCN(c2ccc(F)cc2)CC1. The largest absolute Gasteiger partial charge is 0.369 e. The summed E-state index contributed by atoms with van der Waals surface area (Å²) in [5, 5.41) is 2.09. The molecule has 0 saturated carbocycles. The molecule has 114 valence electrons. The van der Waals surface area contributed by atoms with Crippen molar-refractivity contribution in [3.05, 3.63) is 30.1 Å². The summed E-state index contributed by atoms with van der Waals surface area (Å²) in [5.74, 6) is -0.646. The summed E-state index contributed by atoms with van der Waals surface area (Å²) in [6.45, 7) is 4.58. The number of nitrogens with zero attached hydrogens (tertiary/aromatic N) is 2. The van der Waals surface area contributed by atoms with Crippen molar-refractivity contribution in [2.75, 3.05) is 31.1 Å². The van der Waals surface area contributed by atoms with Gasteiger partial charge in [0.05, 0.1) is 6.04 Å². The van der Waals surface area contributed by atoms with Crippen molar-refractivity contribution in [2.24, 2.45) is 5.73 Å². The summed E-state index contributed by atoms with van der Waals surface area (Å²) in [7, 11) is 0. The van der Waals surface area contributed by atoms with Crippen LogP contribution < -0.4 is 16.0 Å². The van der Waals surface area contributed by atoms with Gasteiger partial charge in [0.15, 0.2) is 0 Å². The number of hydrogen-bond donors (Lipinski definition) is 2. The number of halogens is 1. The Kier molecular flexibility index (Phi) is 4.74. The Labute approximate surface area is 122 Å². The molecule has 21 heavy (non-hydrogen) atoms. The van der Waals surface area contributed by atoms with Crippen molar-refractivity contribution in [3.63, 3.8) is 0 Å². The third-order valence-electron chi connectivity index (χ3n) is 3.68. The summed E-state index contributed by atoms with van der Waals surface area (Å²) in [4.78, 5) is 26.5. The first kappa shape index (κ1) is 15.2. The first-order valence-electron chi connectivity index (χ1n) is 6.82. The van der Waals surface area contributed by atoms with Gasteiger partial charge in [0, 0.05) is 31.9 Å². The Hall–Kier alpha value is -2.15. The zero-order valence-electron chi connectivity index (χ0n) is 11.9. The van der Waals surface area contributed by atoms with E-state index in [9.17, 15) is 14.0 Å². The van der Waals surface area contributed by atoms with Crippen LogP contribution >= 0.6 is 0 Å². The van der Waals surface area contributed by atoms with Crippen molar-refractivity contribution in [2.45, 2.75) is 13.0 Å². The minimum atomic E-state index is -0.836. The third-order valence-corrected chi connectivity index (χ3v) is 3.68. The van der Waals surface area contributed by atoms with Crippen LogP contribution in [0.4, 0.5) is 14.9 Å². The van der Waals surface area contributed by atoms with Gasteiger partial charge >= 0.3 is 6.03 Å². The molecule has 3 N–H and O–H groups in total. The van der Waals surface area contributed by atoms with Gasteiger partial charge in [-0.1, -0.05) is 0 Å². The molecule has 0 spiro atoms. The summed E-state index contributed by atoms with van der Waals surface area (Å²) in [6.07, 6.45) is 0. The number of piperazine rings is 1. The number of anilines is 1. The van der Waals surface area contributed by atoms with Crippen LogP contribution in [-0.4, -0.2) is 49.1 Å². The monoisotopic (exact) mass is 294 g/mol. The highest BCUT2D eigenvalue weighted by molar-refractivity contribution is 5.96. The molecule has 7 heteroatoms. The van der Waals surface area contributed by atoms with E-state index in [0.717, 1.165) is 18.8 Å². The van der Waals surface area contributed by atoms with Gasteiger partial charge in [-0.3, -0.25) is 15.0 Å². The second-order valence-corrected chi connectivity index (χ2v) is 5.03. The molecule has 1 aliphatic rings. The predicted octanol–water partition coefficient (Wildman–Crippen LogP) is 0.531. The molecule has 0 unspecified atom stereocenters. The molecule has 0 radical (unpaired) electrons. The molecular formula is C14H19FN4O2. The van der Waals surface area contributed by atoms with E-state index >= 15 is 0 Å². The molecule has 1 aliphatic heterocycles. The van der Waals surface area contributed by atoms with Crippen LogP contribution in [0.15, 0.2) is 24.3 Å². The van der Waals surface area contributed by atoms with Crippen LogP contribution in [-0.2, 0) is 4.79 Å². The standard InChI is InChI=1S/C14H19FN4O2/c1-10(13(20)17-14(16)21)18-6-8-19(9-7-18)12-4-2-11(15)3-5-12/h2-5,10H,6-9H2,1H3,(H3,16,17,20,21)/t10-/m0/s1. The van der Waals surface area contributed by atoms with Gasteiger partial charge in [-0.2, -0.15) is 0 Å². The number of nitrogens with one attached hydrogen (secondary N) is 1. The van der Waals surface area contributed by atoms with Crippen LogP contribution in [0.1, 0.15) is 6.92 Å². The van der Waals surface area contributed by atoms with E-state index in [1.54, 1.807) is 19.1 Å². The third kappa shape index (κ3) is 3.91. The fraction of sp³-hybridized carbons (Fsp3) is 0.429. The van der Waals surface area contributed by atoms with E-state index in [4.69, 9.17) is 5.73 Å². The first-order chi connectivity index (χ1) is 9.97. The smallest absolute Gasteiger partial charge is 0.318 e. The highest BCUT2D eigenvalue weighted by Crippen LogP contribution is 2.17. The fourth-order valence-corrected chi connectivity index (χ4v) is 2.41. The Morgan fingerprint density at radius 2 is 1.76 bits per heavy atom. The zero-order valence-corrected chi connectivity index (χ0v) is 11.9. The number of primary amides is 1. The molecule has 2 rings (SSSR count). The lowest BCUT2D eigenvalue weighted by Gasteiger charge is -2.38. The second kappa shape index (κ2) is 6.53. The Morgan fingerprint density at radius 1 is 1.19 bits per heavy atom. The molecular weight excluding hydrogens is 275 g/mol. The van der Waals surface area contributed by atoms with Crippen LogP contribution in [0, 0.1) is 5.82 Å². The highest BCUT2D eigenvalue weighted by atomic mass is 19.1. The lowest BCUT2D eigenvalue weighted by atomic mass is 10.2. The number of carbonyl (C=O) groups excluding carboxylic acids is 2.